The van der Waals surface area contributed by atoms with Gasteiger partial charge in [-0.3, -0.25) is 14.5 Å². The van der Waals surface area contributed by atoms with E-state index in [0.717, 1.165) is 13.1 Å². The molecular formula is C18H19FN2O5. The van der Waals surface area contributed by atoms with Crippen molar-refractivity contribution in [3.05, 3.63) is 58.4 Å². The molecule has 0 bridgehead atoms. The Morgan fingerprint density at radius 2 is 2.04 bits per heavy atom. The van der Waals surface area contributed by atoms with E-state index >= 15 is 0 Å². The fourth-order valence-corrected chi connectivity index (χ4v) is 2.50. The van der Waals surface area contributed by atoms with Crippen LogP contribution in [0.4, 0.5) is 10.1 Å². The van der Waals surface area contributed by atoms with Gasteiger partial charge in [0.2, 0.25) is 11.2 Å². The van der Waals surface area contributed by atoms with Crippen molar-refractivity contribution in [2.24, 2.45) is 0 Å². The van der Waals surface area contributed by atoms with Gasteiger partial charge in [-0.15, -0.1) is 0 Å². The quantitative estimate of drug-likeness (QED) is 0.841. The van der Waals surface area contributed by atoms with E-state index in [1.165, 1.54) is 30.5 Å². The summed E-state index contributed by atoms with van der Waals surface area (Å²) in [5.74, 6) is -0.681. The van der Waals surface area contributed by atoms with Gasteiger partial charge in [0.05, 0.1) is 25.4 Å². The molecule has 1 N–H and O–H groups in total. The number of rotatable bonds is 6. The van der Waals surface area contributed by atoms with Gasteiger partial charge < -0.3 is 19.2 Å². The van der Waals surface area contributed by atoms with Crippen LogP contribution in [0.15, 0.2) is 45.8 Å². The summed E-state index contributed by atoms with van der Waals surface area (Å²) in [6, 6.07) is 7.13. The second-order valence-corrected chi connectivity index (χ2v) is 5.78. The van der Waals surface area contributed by atoms with Crippen LogP contribution in [0, 0.1) is 5.82 Å². The first kappa shape index (κ1) is 18.1. The van der Waals surface area contributed by atoms with Crippen molar-refractivity contribution in [2.75, 3.05) is 38.2 Å². The van der Waals surface area contributed by atoms with Crippen LogP contribution in [0.1, 0.15) is 5.76 Å². The number of halogens is 1. The topological polar surface area (TPSA) is 81.0 Å². The lowest BCUT2D eigenvalue weighted by molar-refractivity contribution is -0.118. The van der Waals surface area contributed by atoms with Gasteiger partial charge in [0.15, 0.2) is 6.61 Å². The highest BCUT2D eigenvalue weighted by molar-refractivity contribution is 5.91. The fourth-order valence-electron chi connectivity index (χ4n) is 2.50. The second kappa shape index (κ2) is 8.59. The summed E-state index contributed by atoms with van der Waals surface area (Å²) in [6.07, 6.45) is 1.19. The summed E-state index contributed by atoms with van der Waals surface area (Å²) in [5, 5.41) is 2.38. The zero-order chi connectivity index (χ0) is 18.4. The van der Waals surface area contributed by atoms with Crippen LogP contribution in [0.3, 0.4) is 0 Å². The summed E-state index contributed by atoms with van der Waals surface area (Å²) >= 11 is 0. The number of ether oxygens (including phenoxy) is 2. The van der Waals surface area contributed by atoms with Gasteiger partial charge in [-0.1, -0.05) is 12.1 Å². The minimum Gasteiger partial charge on any atom is -0.477 e. The van der Waals surface area contributed by atoms with Gasteiger partial charge in [-0.25, -0.2) is 4.39 Å². The SMILES string of the molecule is O=C(COc1coc(CN2CCOCC2)cc1=O)Nc1ccccc1F. The van der Waals surface area contributed by atoms with E-state index in [4.69, 9.17) is 13.9 Å². The second-order valence-electron chi connectivity index (χ2n) is 5.78. The molecule has 138 valence electrons. The Labute approximate surface area is 149 Å². The Hall–Kier alpha value is -2.71. The average molecular weight is 362 g/mol. The van der Waals surface area contributed by atoms with Crippen LogP contribution < -0.4 is 15.5 Å². The highest BCUT2D eigenvalue weighted by atomic mass is 19.1. The lowest BCUT2D eigenvalue weighted by Crippen LogP contribution is -2.35. The number of morpholine rings is 1. The van der Waals surface area contributed by atoms with Crippen molar-refractivity contribution < 1.29 is 23.1 Å². The zero-order valence-corrected chi connectivity index (χ0v) is 14.1. The summed E-state index contributed by atoms with van der Waals surface area (Å²) in [4.78, 5) is 26.0. The molecule has 3 rings (SSSR count). The van der Waals surface area contributed by atoms with Crippen LogP contribution in [0.2, 0.25) is 0 Å². The molecule has 1 aliphatic heterocycles. The van der Waals surface area contributed by atoms with E-state index in [-0.39, 0.29) is 16.9 Å². The number of nitrogens with zero attached hydrogens (tertiary/aromatic N) is 1. The van der Waals surface area contributed by atoms with Gasteiger partial charge >= 0.3 is 0 Å². The third-order valence-electron chi connectivity index (χ3n) is 3.84. The van der Waals surface area contributed by atoms with E-state index < -0.39 is 18.3 Å². The molecule has 1 amide bonds. The van der Waals surface area contributed by atoms with Crippen LogP contribution in [0.5, 0.6) is 5.75 Å². The van der Waals surface area contributed by atoms with E-state index in [1.54, 1.807) is 6.07 Å². The highest BCUT2D eigenvalue weighted by Crippen LogP contribution is 2.13. The number of anilines is 1. The molecule has 1 aliphatic rings. The number of hydrogen-bond acceptors (Lipinski definition) is 6. The van der Waals surface area contributed by atoms with Crippen molar-refractivity contribution in [1.82, 2.24) is 4.90 Å². The fraction of sp³-hybridized carbons (Fsp3) is 0.333. The van der Waals surface area contributed by atoms with E-state index in [1.807, 2.05) is 0 Å². The molecule has 2 aromatic rings. The molecule has 1 fully saturated rings. The first-order chi connectivity index (χ1) is 12.6. The standard InChI is InChI=1S/C18H19FN2O5/c19-14-3-1-2-4-15(14)20-18(23)12-26-17-11-25-13(9-16(17)22)10-21-5-7-24-8-6-21/h1-4,9,11H,5-8,10,12H2,(H,20,23). The van der Waals surface area contributed by atoms with Gasteiger partial charge in [0.1, 0.15) is 17.8 Å². The molecule has 0 radical (unpaired) electrons. The van der Waals surface area contributed by atoms with E-state index in [2.05, 4.69) is 10.2 Å². The van der Waals surface area contributed by atoms with Gasteiger partial charge in [0.25, 0.3) is 5.91 Å². The molecule has 7 nitrogen and oxygen atoms in total. The molecule has 0 aliphatic carbocycles. The molecule has 1 aromatic carbocycles. The lowest BCUT2D eigenvalue weighted by atomic mass is 10.3. The summed E-state index contributed by atoms with van der Waals surface area (Å²) in [5.41, 5.74) is -0.327. The predicted molar refractivity (Wildman–Crippen MR) is 91.6 cm³/mol. The third-order valence-corrected chi connectivity index (χ3v) is 3.84. The molecular weight excluding hydrogens is 343 g/mol. The average Bonchev–Trinajstić information content (AvgIpc) is 2.64. The van der Waals surface area contributed by atoms with Crippen LogP contribution in [0.25, 0.3) is 0 Å². The van der Waals surface area contributed by atoms with Crippen molar-refractivity contribution >= 4 is 11.6 Å². The minimum atomic E-state index is -0.577. The first-order valence-corrected chi connectivity index (χ1v) is 8.21. The van der Waals surface area contributed by atoms with Crippen LogP contribution in [-0.2, 0) is 16.1 Å². The maximum absolute atomic E-state index is 13.5. The van der Waals surface area contributed by atoms with Gasteiger partial charge in [-0.05, 0) is 12.1 Å². The minimum absolute atomic E-state index is 0.0500. The first-order valence-electron chi connectivity index (χ1n) is 8.21. The Morgan fingerprint density at radius 1 is 1.27 bits per heavy atom. The molecule has 2 heterocycles. The third kappa shape index (κ3) is 4.90. The van der Waals surface area contributed by atoms with Crippen molar-refractivity contribution in [3.63, 3.8) is 0 Å². The number of carbonyl (C=O) groups excluding carboxylic acids is 1. The molecule has 0 saturated carbocycles. The van der Waals surface area contributed by atoms with Crippen LogP contribution >= 0.6 is 0 Å². The number of hydrogen-bond donors (Lipinski definition) is 1. The summed E-state index contributed by atoms with van der Waals surface area (Å²) in [7, 11) is 0. The largest absolute Gasteiger partial charge is 0.477 e. The number of amides is 1. The van der Waals surface area contributed by atoms with Crippen LogP contribution in [-0.4, -0.2) is 43.7 Å². The molecule has 8 heteroatoms. The molecule has 0 unspecified atom stereocenters. The Bertz CT molecular complexity index is 817. The maximum atomic E-state index is 13.5. The number of para-hydroxylation sites is 1. The maximum Gasteiger partial charge on any atom is 0.262 e. The zero-order valence-electron chi connectivity index (χ0n) is 14.1. The van der Waals surface area contributed by atoms with Gasteiger partial charge in [-0.2, -0.15) is 0 Å². The summed E-state index contributed by atoms with van der Waals surface area (Å²) < 4.78 is 29.3. The molecule has 1 saturated heterocycles. The lowest BCUT2D eigenvalue weighted by Gasteiger charge is -2.25. The van der Waals surface area contributed by atoms with Gasteiger partial charge in [0, 0.05) is 19.2 Å². The molecule has 1 aromatic heterocycles. The van der Waals surface area contributed by atoms with E-state index in [0.29, 0.717) is 25.5 Å². The smallest absolute Gasteiger partial charge is 0.262 e. The monoisotopic (exact) mass is 362 g/mol. The Morgan fingerprint density at radius 3 is 2.77 bits per heavy atom. The molecule has 26 heavy (non-hydrogen) atoms. The van der Waals surface area contributed by atoms with Crippen molar-refractivity contribution in [3.8, 4) is 5.75 Å². The summed E-state index contributed by atoms with van der Waals surface area (Å²) in [6.45, 7) is 2.94. The van der Waals surface area contributed by atoms with Crippen molar-refractivity contribution in [2.45, 2.75) is 6.54 Å². The Balaban J connectivity index is 1.54. The van der Waals surface area contributed by atoms with Crippen molar-refractivity contribution in [1.29, 1.82) is 0 Å². The highest BCUT2D eigenvalue weighted by Gasteiger charge is 2.14. The normalized spacial score (nSPS) is 14.8. The molecule has 0 spiro atoms. The number of carbonyl (C=O) groups is 1. The molecule has 0 atom stereocenters. The predicted octanol–water partition coefficient (Wildman–Crippen LogP) is 1.63. The van der Waals surface area contributed by atoms with E-state index in [9.17, 15) is 14.0 Å². The number of nitrogens with one attached hydrogen (secondary N) is 1. The number of benzene rings is 1. The Kier molecular flexibility index (Phi) is 5.98.